The van der Waals surface area contributed by atoms with Crippen molar-refractivity contribution >= 4 is 23.5 Å². The first-order valence-corrected chi connectivity index (χ1v) is 10.3. The van der Waals surface area contributed by atoms with Gasteiger partial charge >= 0.3 is 6.03 Å². The second-order valence-electron chi connectivity index (χ2n) is 9.33. The van der Waals surface area contributed by atoms with Gasteiger partial charge in [0.25, 0.3) is 0 Å². The highest BCUT2D eigenvalue weighted by Gasteiger charge is 2.47. The van der Waals surface area contributed by atoms with E-state index < -0.39 is 0 Å². The fraction of sp³-hybridized carbons (Fsp3) is 0.591. The van der Waals surface area contributed by atoms with E-state index in [1.807, 2.05) is 17.0 Å². The second-order valence-corrected chi connectivity index (χ2v) is 9.33. The number of carbonyl (C=O) groups is 3. The zero-order chi connectivity index (χ0) is 20.1. The average Bonchev–Trinajstić information content (AvgIpc) is 3.10. The minimum atomic E-state index is -0.0754. The first kappa shape index (κ1) is 19.0. The molecule has 3 aliphatic rings. The van der Waals surface area contributed by atoms with Gasteiger partial charge in [0, 0.05) is 36.7 Å². The van der Waals surface area contributed by atoms with Gasteiger partial charge in [0.2, 0.25) is 11.8 Å². The quantitative estimate of drug-likeness (QED) is 0.793. The molecule has 0 radical (unpaired) electrons. The maximum absolute atomic E-state index is 12.9. The smallest absolute Gasteiger partial charge is 0.318 e. The van der Waals surface area contributed by atoms with Crippen LogP contribution in [0.4, 0.5) is 10.5 Å². The number of carbonyl (C=O) groups excluding carboxylic acids is 3. The number of piperidine rings is 1. The molecule has 2 atom stereocenters. The van der Waals surface area contributed by atoms with Crippen LogP contribution in [0.15, 0.2) is 24.3 Å². The summed E-state index contributed by atoms with van der Waals surface area (Å²) in [5.74, 6) is -0.0996. The van der Waals surface area contributed by atoms with E-state index in [1.54, 1.807) is 0 Å². The number of anilines is 1. The van der Waals surface area contributed by atoms with E-state index in [0.29, 0.717) is 25.7 Å². The third-order valence-corrected chi connectivity index (χ3v) is 6.40. The molecule has 2 bridgehead atoms. The minimum absolute atomic E-state index is 0.0462. The lowest BCUT2D eigenvalue weighted by Gasteiger charge is -2.41. The molecule has 1 N–H and O–H groups in total. The van der Waals surface area contributed by atoms with Crippen LogP contribution in [0.3, 0.4) is 0 Å². The Morgan fingerprint density at radius 3 is 1.96 bits per heavy atom. The lowest BCUT2D eigenvalue weighted by molar-refractivity contribution is -0.142. The van der Waals surface area contributed by atoms with Crippen LogP contribution in [0, 0.1) is 0 Å². The van der Waals surface area contributed by atoms with Crippen molar-refractivity contribution in [2.45, 2.75) is 82.8 Å². The minimum Gasteiger partial charge on any atom is -0.318 e. The molecule has 0 aromatic heterocycles. The topological polar surface area (TPSA) is 69.7 Å². The zero-order valence-corrected chi connectivity index (χ0v) is 16.9. The summed E-state index contributed by atoms with van der Waals surface area (Å²) in [5, 5.41) is 3.03. The van der Waals surface area contributed by atoms with Gasteiger partial charge in [-0.15, -0.1) is 0 Å². The number of hydrogen-bond donors (Lipinski definition) is 1. The standard InChI is InChI=1S/C22H29N3O3/c1-22(2,3)14-4-6-15(7-5-14)23-21(28)24-16-8-9-17(24)13-18(12-16)25-19(26)10-11-20(25)27/h4-7,16-18H,8-13H2,1-3H3,(H,23,28). The van der Waals surface area contributed by atoms with Gasteiger partial charge in [-0.25, -0.2) is 4.79 Å². The van der Waals surface area contributed by atoms with Gasteiger partial charge in [0.15, 0.2) is 0 Å². The molecule has 28 heavy (non-hydrogen) atoms. The lowest BCUT2D eigenvalue weighted by Crippen LogP contribution is -2.54. The van der Waals surface area contributed by atoms with Crippen molar-refractivity contribution in [1.29, 1.82) is 0 Å². The summed E-state index contributed by atoms with van der Waals surface area (Å²) in [6.07, 6.45) is 3.94. The summed E-state index contributed by atoms with van der Waals surface area (Å²) in [5.41, 5.74) is 2.10. The number of imide groups is 1. The van der Waals surface area contributed by atoms with Crippen LogP contribution < -0.4 is 5.32 Å². The van der Waals surface area contributed by atoms with Crippen LogP contribution in [-0.2, 0) is 15.0 Å². The molecule has 1 aromatic rings. The Balaban J connectivity index is 1.42. The highest BCUT2D eigenvalue weighted by atomic mass is 16.2. The molecule has 150 valence electrons. The third-order valence-electron chi connectivity index (χ3n) is 6.40. The van der Waals surface area contributed by atoms with Gasteiger partial charge in [0.1, 0.15) is 0 Å². The number of likely N-dealkylation sites (tertiary alicyclic amines) is 1. The number of amides is 4. The van der Waals surface area contributed by atoms with Crippen LogP contribution in [0.25, 0.3) is 0 Å². The summed E-state index contributed by atoms with van der Waals surface area (Å²) in [7, 11) is 0. The molecule has 4 rings (SSSR count). The van der Waals surface area contributed by atoms with E-state index in [-0.39, 0.29) is 41.4 Å². The van der Waals surface area contributed by atoms with Crippen LogP contribution in [-0.4, -0.2) is 45.8 Å². The summed E-state index contributed by atoms with van der Waals surface area (Å²) in [4.78, 5) is 40.5. The van der Waals surface area contributed by atoms with Gasteiger partial charge in [-0.2, -0.15) is 0 Å². The Hall–Kier alpha value is -2.37. The van der Waals surface area contributed by atoms with Crippen LogP contribution in [0.2, 0.25) is 0 Å². The molecule has 3 saturated heterocycles. The van der Waals surface area contributed by atoms with E-state index >= 15 is 0 Å². The van der Waals surface area contributed by atoms with E-state index in [4.69, 9.17) is 0 Å². The lowest BCUT2D eigenvalue weighted by atomic mass is 9.87. The Bertz CT molecular complexity index is 766. The van der Waals surface area contributed by atoms with E-state index in [9.17, 15) is 14.4 Å². The van der Waals surface area contributed by atoms with Crippen LogP contribution in [0.5, 0.6) is 0 Å². The largest absolute Gasteiger partial charge is 0.322 e. The van der Waals surface area contributed by atoms with E-state index in [0.717, 1.165) is 18.5 Å². The van der Waals surface area contributed by atoms with Gasteiger partial charge in [-0.1, -0.05) is 32.9 Å². The summed E-state index contributed by atoms with van der Waals surface area (Å²) >= 11 is 0. The third kappa shape index (κ3) is 3.40. The highest BCUT2D eigenvalue weighted by molar-refractivity contribution is 6.02. The molecule has 0 saturated carbocycles. The van der Waals surface area contributed by atoms with Crippen molar-refractivity contribution in [3.8, 4) is 0 Å². The highest BCUT2D eigenvalue weighted by Crippen LogP contribution is 2.39. The number of fused-ring (bicyclic) bond motifs is 2. The maximum Gasteiger partial charge on any atom is 0.322 e. The Morgan fingerprint density at radius 2 is 1.46 bits per heavy atom. The number of benzene rings is 1. The van der Waals surface area contributed by atoms with E-state index in [1.165, 1.54) is 10.5 Å². The molecule has 1 aromatic carbocycles. The van der Waals surface area contributed by atoms with Gasteiger partial charge < -0.3 is 10.2 Å². The predicted molar refractivity (Wildman–Crippen MR) is 107 cm³/mol. The van der Waals surface area contributed by atoms with E-state index in [2.05, 4.69) is 38.2 Å². The van der Waals surface area contributed by atoms with Crippen molar-refractivity contribution in [3.05, 3.63) is 29.8 Å². The summed E-state index contributed by atoms with van der Waals surface area (Å²) in [6, 6.07) is 8.09. The average molecular weight is 383 g/mol. The summed E-state index contributed by atoms with van der Waals surface area (Å²) < 4.78 is 0. The zero-order valence-electron chi connectivity index (χ0n) is 16.9. The van der Waals surface area contributed by atoms with Gasteiger partial charge in [-0.05, 0) is 48.8 Å². The molecule has 6 nitrogen and oxygen atoms in total. The number of rotatable bonds is 2. The SMILES string of the molecule is CC(C)(C)c1ccc(NC(=O)N2C3CCC2CC(N2C(=O)CCC2=O)C3)cc1. The van der Waals surface area contributed by atoms with Crippen LogP contribution >= 0.6 is 0 Å². The molecular formula is C22H29N3O3. The summed E-state index contributed by atoms with van der Waals surface area (Å²) in [6.45, 7) is 6.49. The second kappa shape index (κ2) is 6.90. The molecular weight excluding hydrogens is 354 g/mol. The Kier molecular flexibility index (Phi) is 4.68. The monoisotopic (exact) mass is 383 g/mol. The Morgan fingerprint density at radius 1 is 0.929 bits per heavy atom. The molecule has 3 aliphatic heterocycles. The first-order chi connectivity index (χ1) is 13.2. The fourth-order valence-corrected chi connectivity index (χ4v) is 4.93. The van der Waals surface area contributed by atoms with Gasteiger partial charge in [-0.3, -0.25) is 14.5 Å². The van der Waals surface area contributed by atoms with Crippen LogP contribution in [0.1, 0.15) is 64.9 Å². The van der Waals surface area contributed by atoms with Crippen molar-refractivity contribution in [2.24, 2.45) is 0 Å². The normalized spacial score (nSPS) is 27.5. The fourth-order valence-electron chi connectivity index (χ4n) is 4.93. The number of urea groups is 1. The van der Waals surface area contributed by atoms with Gasteiger partial charge in [0.05, 0.1) is 0 Å². The number of nitrogens with one attached hydrogen (secondary N) is 1. The predicted octanol–water partition coefficient (Wildman–Crippen LogP) is 3.66. The van der Waals surface area contributed by atoms with Crippen molar-refractivity contribution < 1.29 is 14.4 Å². The maximum atomic E-state index is 12.9. The molecule has 3 fully saturated rings. The first-order valence-electron chi connectivity index (χ1n) is 10.3. The molecule has 0 spiro atoms. The number of nitrogens with zero attached hydrogens (tertiary/aromatic N) is 2. The molecule has 2 unspecified atom stereocenters. The molecule has 4 amide bonds. The van der Waals surface area contributed by atoms with Crippen molar-refractivity contribution in [1.82, 2.24) is 9.80 Å². The molecule has 6 heteroatoms. The number of hydrogen-bond acceptors (Lipinski definition) is 3. The Labute approximate surface area is 166 Å². The van der Waals surface area contributed by atoms with Crippen molar-refractivity contribution in [2.75, 3.05) is 5.32 Å². The molecule has 0 aliphatic carbocycles. The molecule has 3 heterocycles. The van der Waals surface area contributed by atoms with Crippen molar-refractivity contribution in [3.63, 3.8) is 0 Å².